The summed E-state index contributed by atoms with van der Waals surface area (Å²) in [7, 11) is 2.88. The van der Waals surface area contributed by atoms with Crippen molar-refractivity contribution in [1.29, 1.82) is 0 Å². The zero-order chi connectivity index (χ0) is 26.6. The highest BCUT2D eigenvalue weighted by molar-refractivity contribution is 6.18. The molecular weight excluding hydrogens is 464 g/mol. The van der Waals surface area contributed by atoms with Gasteiger partial charge in [0.1, 0.15) is 11.4 Å². The van der Waals surface area contributed by atoms with E-state index in [4.69, 9.17) is 14.2 Å². The van der Waals surface area contributed by atoms with Crippen LogP contribution in [-0.4, -0.2) is 60.0 Å². The summed E-state index contributed by atoms with van der Waals surface area (Å²) in [4.78, 5) is 42.1. The Kier molecular flexibility index (Phi) is 7.94. The van der Waals surface area contributed by atoms with Crippen LogP contribution in [0.2, 0.25) is 0 Å². The highest BCUT2D eigenvalue weighted by Gasteiger charge is 2.30. The summed E-state index contributed by atoms with van der Waals surface area (Å²) in [6, 6.07) is 9.64. The van der Waals surface area contributed by atoms with Crippen LogP contribution in [0, 0.1) is 0 Å². The number of fused-ring (bicyclic) bond motifs is 1. The summed E-state index contributed by atoms with van der Waals surface area (Å²) in [5, 5.41) is 13.3. The van der Waals surface area contributed by atoms with Crippen molar-refractivity contribution in [3.63, 3.8) is 0 Å². The van der Waals surface area contributed by atoms with Crippen LogP contribution in [0.3, 0.4) is 0 Å². The van der Waals surface area contributed by atoms with Gasteiger partial charge in [0.2, 0.25) is 5.78 Å². The van der Waals surface area contributed by atoms with E-state index in [0.717, 1.165) is 6.20 Å². The molecule has 0 radical (unpaired) electrons. The number of hydrogen-bond acceptors (Lipinski definition) is 8. The number of hydrogen-bond donors (Lipinski definition) is 2. The number of methoxy groups -OCH3 is 2. The standard InChI is InChI=1S/C27H30N2O7/c1-15(2)28-14-23(30)27(3,4)36-17-9-7-8-16(10-17)25(31)24-19-12-22(35-6)21(34-5)11-18(19)20(13-29-24)26(32)33/h7-13,15,28H,14H2,1-6H3,(H,32,33). The molecule has 0 saturated heterocycles. The number of nitrogens with one attached hydrogen (secondary N) is 1. The number of rotatable bonds is 11. The molecule has 2 aromatic carbocycles. The van der Waals surface area contributed by atoms with Crippen molar-refractivity contribution in [3.05, 3.63) is 59.4 Å². The van der Waals surface area contributed by atoms with Crippen LogP contribution in [-0.2, 0) is 4.79 Å². The number of carbonyl (C=O) groups excluding carboxylic acids is 2. The largest absolute Gasteiger partial charge is 0.493 e. The first-order chi connectivity index (χ1) is 17.0. The monoisotopic (exact) mass is 494 g/mol. The first kappa shape index (κ1) is 26.6. The lowest BCUT2D eigenvalue weighted by molar-refractivity contribution is -0.131. The lowest BCUT2D eigenvalue weighted by atomic mass is 9.98. The molecule has 0 aliphatic rings. The lowest BCUT2D eigenvalue weighted by Crippen LogP contribution is -2.45. The average molecular weight is 495 g/mol. The van der Waals surface area contributed by atoms with E-state index >= 15 is 0 Å². The van der Waals surface area contributed by atoms with Gasteiger partial charge in [-0.1, -0.05) is 26.0 Å². The van der Waals surface area contributed by atoms with Gasteiger partial charge < -0.3 is 24.6 Å². The molecule has 1 heterocycles. The summed E-state index contributed by atoms with van der Waals surface area (Å²) in [5.41, 5.74) is -0.885. The molecule has 3 aromatic rings. The van der Waals surface area contributed by atoms with Gasteiger partial charge in [-0.2, -0.15) is 0 Å². The maximum atomic E-state index is 13.5. The van der Waals surface area contributed by atoms with Crippen LogP contribution < -0.4 is 19.5 Å². The van der Waals surface area contributed by atoms with Gasteiger partial charge >= 0.3 is 5.97 Å². The fourth-order valence-electron chi connectivity index (χ4n) is 3.62. The third-order valence-electron chi connectivity index (χ3n) is 5.65. The number of aromatic carboxylic acids is 1. The molecule has 0 spiro atoms. The van der Waals surface area contributed by atoms with Crippen molar-refractivity contribution in [2.24, 2.45) is 0 Å². The third-order valence-corrected chi connectivity index (χ3v) is 5.65. The number of Topliss-reactive ketones (excluding diaryl/α,β-unsaturated/α-hetero) is 1. The topological polar surface area (TPSA) is 124 Å². The quantitative estimate of drug-likeness (QED) is 0.382. The van der Waals surface area contributed by atoms with Gasteiger partial charge in [-0.05, 0) is 38.1 Å². The zero-order valence-electron chi connectivity index (χ0n) is 21.2. The van der Waals surface area contributed by atoms with Crippen LogP contribution in [0.25, 0.3) is 10.8 Å². The molecule has 0 unspecified atom stereocenters. The van der Waals surface area contributed by atoms with E-state index in [2.05, 4.69) is 10.3 Å². The SMILES string of the molecule is COc1cc2c(C(=O)O)cnc(C(=O)c3cccc(OC(C)(C)C(=O)CNC(C)C)c3)c2cc1OC. The molecule has 36 heavy (non-hydrogen) atoms. The van der Waals surface area contributed by atoms with Crippen molar-refractivity contribution >= 4 is 28.3 Å². The van der Waals surface area contributed by atoms with Crippen LogP contribution in [0.5, 0.6) is 17.2 Å². The maximum Gasteiger partial charge on any atom is 0.337 e. The van der Waals surface area contributed by atoms with Crippen LogP contribution >= 0.6 is 0 Å². The molecule has 0 aliphatic carbocycles. The van der Waals surface area contributed by atoms with E-state index in [1.54, 1.807) is 32.0 Å². The molecule has 3 rings (SSSR count). The predicted molar refractivity (Wildman–Crippen MR) is 135 cm³/mol. The second kappa shape index (κ2) is 10.7. The number of ketones is 2. The normalized spacial score (nSPS) is 11.4. The predicted octanol–water partition coefficient (Wildman–Crippen LogP) is 3.91. The van der Waals surface area contributed by atoms with Gasteiger partial charge in [-0.25, -0.2) is 4.79 Å². The van der Waals surface area contributed by atoms with Gasteiger partial charge in [-0.15, -0.1) is 0 Å². The van der Waals surface area contributed by atoms with E-state index in [0.29, 0.717) is 22.6 Å². The fraction of sp³-hybridized carbons (Fsp3) is 0.333. The Balaban J connectivity index is 2.01. The minimum absolute atomic E-state index is 0.0459. The minimum atomic E-state index is -1.19. The summed E-state index contributed by atoms with van der Waals surface area (Å²) in [5.74, 6) is -0.768. The van der Waals surface area contributed by atoms with Crippen molar-refractivity contribution in [2.75, 3.05) is 20.8 Å². The Morgan fingerprint density at radius 3 is 2.25 bits per heavy atom. The maximum absolute atomic E-state index is 13.5. The molecule has 2 N–H and O–H groups in total. The lowest BCUT2D eigenvalue weighted by Gasteiger charge is -2.26. The van der Waals surface area contributed by atoms with Crippen molar-refractivity contribution in [3.8, 4) is 17.2 Å². The van der Waals surface area contributed by atoms with E-state index < -0.39 is 17.4 Å². The molecule has 0 bridgehead atoms. The zero-order valence-corrected chi connectivity index (χ0v) is 21.2. The molecule has 0 amide bonds. The van der Waals surface area contributed by atoms with Crippen molar-refractivity contribution in [1.82, 2.24) is 10.3 Å². The highest BCUT2D eigenvalue weighted by Crippen LogP contribution is 2.35. The van der Waals surface area contributed by atoms with E-state index in [1.807, 2.05) is 13.8 Å². The first-order valence-corrected chi connectivity index (χ1v) is 11.4. The molecule has 0 fully saturated rings. The summed E-state index contributed by atoms with van der Waals surface area (Å²) in [6.07, 6.45) is 1.15. The second-order valence-corrected chi connectivity index (χ2v) is 9.01. The molecule has 190 valence electrons. The molecule has 9 heteroatoms. The highest BCUT2D eigenvalue weighted by atomic mass is 16.5. The van der Waals surface area contributed by atoms with Crippen molar-refractivity contribution in [2.45, 2.75) is 39.3 Å². The Morgan fingerprint density at radius 1 is 1.03 bits per heavy atom. The number of nitrogens with zero attached hydrogens (tertiary/aromatic N) is 1. The minimum Gasteiger partial charge on any atom is -0.493 e. The molecule has 0 atom stereocenters. The summed E-state index contributed by atoms with van der Waals surface area (Å²) in [6.45, 7) is 7.39. The number of carboxylic acids is 1. The second-order valence-electron chi connectivity index (χ2n) is 9.01. The van der Waals surface area contributed by atoms with Crippen LogP contribution in [0.4, 0.5) is 0 Å². The van der Waals surface area contributed by atoms with Crippen molar-refractivity contribution < 1.29 is 33.7 Å². The molecule has 0 saturated carbocycles. The number of pyridine rings is 1. The van der Waals surface area contributed by atoms with Crippen LogP contribution in [0.1, 0.15) is 54.1 Å². The number of aromatic nitrogens is 1. The van der Waals surface area contributed by atoms with E-state index in [9.17, 15) is 19.5 Å². The fourth-order valence-corrected chi connectivity index (χ4v) is 3.62. The molecule has 1 aromatic heterocycles. The smallest absolute Gasteiger partial charge is 0.337 e. The van der Waals surface area contributed by atoms with Gasteiger partial charge in [0.25, 0.3) is 0 Å². The molecule has 0 aliphatic heterocycles. The molecular formula is C27H30N2O7. The van der Waals surface area contributed by atoms with Gasteiger partial charge in [0, 0.05) is 28.6 Å². The van der Waals surface area contributed by atoms with Gasteiger partial charge in [-0.3, -0.25) is 14.6 Å². The van der Waals surface area contributed by atoms with E-state index in [1.165, 1.54) is 32.4 Å². The Labute approximate surface area is 209 Å². The number of carbonyl (C=O) groups is 3. The summed E-state index contributed by atoms with van der Waals surface area (Å²) >= 11 is 0. The average Bonchev–Trinajstić information content (AvgIpc) is 2.84. The molecule has 9 nitrogen and oxygen atoms in total. The summed E-state index contributed by atoms with van der Waals surface area (Å²) < 4.78 is 16.6. The Bertz CT molecular complexity index is 1310. The number of benzene rings is 2. The third kappa shape index (κ3) is 5.63. The Morgan fingerprint density at radius 2 is 1.67 bits per heavy atom. The first-order valence-electron chi connectivity index (χ1n) is 11.4. The van der Waals surface area contributed by atoms with Gasteiger partial charge in [0.05, 0.1) is 26.3 Å². The number of ether oxygens (including phenoxy) is 3. The van der Waals surface area contributed by atoms with E-state index in [-0.39, 0.29) is 40.6 Å². The Hall–Kier alpha value is -3.98. The van der Waals surface area contributed by atoms with Gasteiger partial charge in [0.15, 0.2) is 22.9 Å². The van der Waals surface area contributed by atoms with Crippen LogP contribution in [0.15, 0.2) is 42.6 Å². The number of carboxylic acid groups (broad SMARTS) is 1.